The molecule has 0 unspecified atom stereocenters. The Morgan fingerprint density at radius 2 is 2.00 bits per heavy atom. The highest BCUT2D eigenvalue weighted by molar-refractivity contribution is 7.98. The number of aromatic nitrogens is 5. The van der Waals surface area contributed by atoms with Gasteiger partial charge < -0.3 is 4.52 Å². The molecule has 25 heavy (non-hydrogen) atoms. The monoisotopic (exact) mass is 355 g/mol. The Labute approximate surface area is 151 Å². The first kappa shape index (κ1) is 16.3. The van der Waals surface area contributed by atoms with E-state index in [0.29, 0.717) is 29.3 Å². The first-order valence-corrected chi connectivity index (χ1v) is 9.64. The maximum Gasteiger partial charge on any atom is 0.226 e. The smallest absolute Gasteiger partial charge is 0.226 e. The van der Waals surface area contributed by atoms with Gasteiger partial charge in [-0.2, -0.15) is 4.98 Å². The lowest BCUT2D eigenvalue weighted by molar-refractivity contribution is 0.360. The normalized spacial score (nSPS) is 14.4. The van der Waals surface area contributed by atoms with Crippen molar-refractivity contribution >= 4 is 11.8 Å². The van der Waals surface area contributed by atoms with Crippen LogP contribution in [0.15, 0.2) is 40.0 Å². The molecule has 6 nitrogen and oxygen atoms in total. The molecule has 2 aromatic heterocycles. The van der Waals surface area contributed by atoms with Crippen molar-refractivity contribution < 1.29 is 4.52 Å². The van der Waals surface area contributed by atoms with E-state index in [-0.39, 0.29) is 0 Å². The van der Waals surface area contributed by atoms with E-state index < -0.39 is 0 Å². The second kappa shape index (κ2) is 7.00. The summed E-state index contributed by atoms with van der Waals surface area (Å²) in [5.41, 5.74) is 1.06. The largest absolute Gasteiger partial charge is 0.339 e. The molecule has 3 aromatic rings. The van der Waals surface area contributed by atoms with Gasteiger partial charge in [0.15, 0.2) is 5.82 Å². The number of benzene rings is 1. The van der Waals surface area contributed by atoms with Crippen LogP contribution in [0.1, 0.15) is 50.1 Å². The van der Waals surface area contributed by atoms with Crippen LogP contribution in [0.2, 0.25) is 0 Å². The molecule has 0 N–H and O–H groups in total. The van der Waals surface area contributed by atoms with Crippen molar-refractivity contribution in [3.05, 3.63) is 47.9 Å². The first-order chi connectivity index (χ1) is 12.2. The third-order valence-corrected chi connectivity index (χ3v) is 4.81. The molecule has 0 bridgehead atoms. The topological polar surface area (TPSA) is 69.6 Å². The lowest BCUT2D eigenvalue weighted by atomic mass is 10.1. The van der Waals surface area contributed by atoms with E-state index in [1.807, 2.05) is 22.9 Å². The third kappa shape index (κ3) is 3.92. The van der Waals surface area contributed by atoms with E-state index in [2.05, 4.69) is 36.1 Å². The Morgan fingerprint density at radius 3 is 2.72 bits per heavy atom. The Hall–Kier alpha value is -2.15. The maximum atomic E-state index is 5.29. The fourth-order valence-electron chi connectivity index (χ4n) is 2.64. The molecule has 0 amide bonds. The van der Waals surface area contributed by atoms with Crippen molar-refractivity contribution in [1.29, 1.82) is 0 Å². The minimum absolute atomic E-state index is 0.505. The molecule has 1 saturated carbocycles. The van der Waals surface area contributed by atoms with Gasteiger partial charge in [-0.15, -0.1) is 5.10 Å². The summed E-state index contributed by atoms with van der Waals surface area (Å²) in [5.74, 6) is 4.11. The molecular weight excluding hydrogens is 334 g/mol. The van der Waals surface area contributed by atoms with Gasteiger partial charge in [0, 0.05) is 12.3 Å². The van der Waals surface area contributed by atoms with Gasteiger partial charge in [-0.25, -0.2) is 9.67 Å². The van der Waals surface area contributed by atoms with E-state index >= 15 is 0 Å². The molecule has 1 aliphatic carbocycles. The third-order valence-electron chi connectivity index (χ3n) is 3.98. The lowest BCUT2D eigenvalue weighted by Crippen LogP contribution is -2.01. The highest BCUT2D eigenvalue weighted by Crippen LogP contribution is 2.40. The van der Waals surface area contributed by atoms with E-state index in [4.69, 9.17) is 14.6 Å². The number of hydrogen-bond acceptors (Lipinski definition) is 6. The van der Waals surface area contributed by atoms with Gasteiger partial charge in [0.25, 0.3) is 0 Å². The number of rotatable bonds is 7. The molecule has 1 aliphatic rings. The summed E-state index contributed by atoms with van der Waals surface area (Å²) in [4.78, 5) is 9.19. The van der Waals surface area contributed by atoms with Crippen molar-refractivity contribution in [1.82, 2.24) is 24.9 Å². The number of nitrogens with zero attached hydrogens (tertiary/aromatic N) is 5. The summed E-state index contributed by atoms with van der Waals surface area (Å²) in [5, 5.41) is 9.51. The molecule has 0 saturated heterocycles. The second-order valence-electron chi connectivity index (χ2n) is 6.77. The van der Waals surface area contributed by atoms with Gasteiger partial charge in [0.05, 0.1) is 11.4 Å². The fraction of sp³-hybridized carbons (Fsp3) is 0.444. The van der Waals surface area contributed by atoms with Crippen molar-refractivity contribution in [2.24, 2.45) is 5.92 Å². The number of para-hydroxylation sites is 1. The number of thioether (sulfide) groups is 1. The van der Waals surface area contributed by atoms with Gasteiger partial charge in [0.2, 0.25) is 11.0 Å². The van der Waals surface area contributed by atoms with Crippen LogP contribution in [0.25, 0.3) is 5.69 Å². The minimum atomic E-state index is 0.505. The molecule has 1 aromatic carbocycles. The van der Waals surface area contributed by atoms with Crippen LogP contribution in [0.3, 0.4) is 0 Å². The fourth-order valence-corrected chi connectivity index (χ4v) is 3.31. The Kier molecular flexibility index (Phi) is 4.57. The molecule has 130 valence electrons. The lowest BCUT2D eigenvalue weighted by Gasteiger charge is -2.03. The zero-order valence-electron chi connectivity index (χ0n) is 14.4. The molecule has 2 heterocycles. The van der Waals surface area contributed by atoms with E-state index in [0.717, 1.165) is 23.1 Å². The maximum absolute atomic E-state index is 5.29. The predicted octanol–water partition coefficient (Wildman–Crippen LogP) is 4.02. The van der Waals surface area contributed by atoms with Gasteiger partial charge in [-0.3, -0.25) is 0 Å². The van der Waals surface area contributed by atoms with Crippen LogP contribution in [-0.4, -0.2) is 24.9 Å². The molecule has 0 spiro atoms. The Bertz CT molecular complexity index is 838. The minimum Gasteiger partial charge on any atom is -0.339 e. The van der Waals surface area contributed by atoms with Crippen LogP contribution in [0, 0.1) is 5.92 Å². The zero-order valence-corrected chi connectivity index (χ0v) is 15.2. The second-order valence-corrected chi connectivity index (χ2v) is 7.71. The molecule has 7 heteroatoms. The Morgan fingerprint density at radius 1 is 1.20 bits per heavy atom. The standard InChI is InChI=1S/C18H21N5OS/c1-12(2)10-16-19-15(22-24-16)11-25-18-20-17(13-8-9-13)23(21-18)14-6-4-3-5-7-14/h3-7,12-13H,8-11H2,1-2H3. The average Bonchev–Trinajstić information content (AvgIpc) is 3.21. The van der Waals surface area contributed by atoms with Crippen molar-refractivity contribution in [2.45, 2.75) is 49.9 Å². The van der Waals surface area contributed by atoms with E-state index in [1.54, 1.807) is 11.8 Å². The van der Waals surface area contributed by atoms with Crippen molar-refractivity contribution in [3.8, 4) is 5.69 Å². The van der Waals surface area contributed by atoms with Crippen LogP contribution in [-0.2, 0) is 12.2 Å². The van der Waals surface area contributed by atoms with Crippen molar-refractivity contribution in [2.75, 3.05) is 0 Å². The van der Waals surface area contributed by atoms with Gasteiger partial charge in [0.1, 0.15) is 5.82 Å². The summed E-state index contributed by atoms with van der Waals surface area (Å²) in [6.07, 6.45) is 3.20. The summed E-state index contributed by atoms with van der Waals surface area (Å²) < 4.78 is 7.26. The van der Waals surface area contributed by atoms with Crippen LogP contribution in [0.4, 0.5) is 0 Å². The van der Waals surface area contributed by atoms with Crippen molar-refractivity contribution in [3.63, 3.8) is 0 Å². The molecule has 0 atom stereocenters. The SMILES string of the molecule is CC(C)Cc1nc(CSc2nc(C3CC3)n(-c3ccccc3)n2)no1. The predicted molar refractivity (Wildman–Crippen MR) is 95.7 cm³/mol. The van der Waals surface area contributed by atoms with Crippen LogP contribution < -0.4 is 0 Å². The van der Waals surface area contributed by atoms with Gasteiger partial charge in [-0.1, -0.05) is 49.0 Å². The highest BCUT2D eigenvalue weighted by atomic mass is 32.2. The van der Waals surface area contributed by atoms with Gasteiger partial charge in [-0.05, 0) is 30.9 Å². The average molecular weight is 355 g/mol. The summed E-state index contributed by atoms with van der Waals surface area (Å²) in [7, 11) is 0. The number of hydrogen-bond donors (Lipinski definition) is 0. The quantitative estimate of drug-likeness (QED) is 0.596. The molecule has 0 radical (unpaired) electrons. The molecule has 0 aliphatic heterocycles. The molecule has 4 rings (SSSR count). The van der Waals surface area contributed by atoms with Gasteiger partial charge >= 0.3 is 0 Å². The van der Waals surface area contributed by atoms with E-state index in [1.165, 1.54) is 12.8 Å². The van der Waals surface area contributed by atoms with Crippen LogP contribution in [0.5, 0.6) is 0 Å². The summed E-state index contributed by atoms with van der Waals surface area (Å²) in [6, 6.07) is 10.2. The van der Waals surface area contributed by atoms with Crippen LogP contribution >= 0.6 is 11.8 Å². The molecular formula is C18H21N5OS. The summed E-state index contributed by atoms with van der Waals surface area (Å²) in [6.45, 7) is 4.27. The van der Waals surface area contributed by atoms with E-state index in [9.17, 15) is 0 Å². The molecule has 1 fully saturated rings. The summed E-state index contributed by atoms with van der Waals surface area (Å²) >= 11 is 1.55. The highest BCUT2D eigenvalue weighted by Gasteiger charge is 2.30. The Balaban J connectivity index is 1.48. The first-order valence-electron chi connectivity index (χ1n) is 8.65. The zero-order chi connectivity index (χ0) is 17.2.